The molecule has 0 fully saturated rings. The van der Waals surface area contributed by atoms with Gasteiger partial charge in [0, 0.05) is 18.3 Å². The Hall–Kier alpha value is -1.18. The topological polar surface area (TPSA) is 102 Å². The van der Waals surface area contributed by atoms with Crippen LogP contribution in [0.15, 0.2) is 0 Å². The van der Waals surface area contributed by atoms with Gasteiger partial charge in [0.05, 0.1) is 19.8 Å². The van der Waals surface area contributed by atoms with Gasteiger partial charge >= 0.3 is 11.9 Å². The van der Waals surface area contributed by atoms with E-state index in [0.717, 1.165) is 0 Å². The lowest BCUT2D eigenvalue weighted by Crippen LogP contribution is -2.35. The van der Waals surface area contributed by atoms with Gasteiger partial charge in [0.25, 0.3) is 0 Å². The Bertz CT molecular complexity index is 322. The van der Waals surface area contributed by atoms with E-state index in [1.807, 2.05) is 20.8 Å². The molecule has 7 heteroatoms. The normalized spacial score (nSPS) is 12.8. The molecule has 0 radical (unpaired) electrons. The van der Waals surface area contributed by atoms with Crippen LogP contribution in [0.25, 0.3) is 0 Å². The predicted molar refractivity (Wildman–Crippen MR) is 78.9 cm³/mol. The van der Waals surface area contributed by atoms with Crippen molar-refractivity contribution in [2.24, 2.45) is 5.41 Å². The van der Waals surface area contributed by atoms with Crippen LogP contribution in [0.4, 0.5) is 0 Å². The number of hydrogen-bond acceptors (Lipinski definition) is 7. The van der Waals surface area contributed by atoms with Crippen molar-refractivity contribution in [3.05, 3.63) is 0 Å². The molecule has 0 saturated carbocycles. The zero-order chi connectivity index (χ0) is 17.0. The number of hydrogen-bond donors (Lipinski definition) is 2. The van der Waals surface area contributed by atoms with Crippen LogP contribution in [0.1, 0.15) is 46.5 Å². The molecule has 7 nitrogen and oxygen atoms in total. The highest BCUT2D eigenvalue weighted by atomic mass is 16.7. The quantitative estimate of drug-likeness (QED) is 0.333. The maximum Gasteiger partial charge on any atom is 0.308 e. The van der Waals surface area contributed by atoms with Crippen LogP contribution in [0.3, 0.4) is 0 Å². The molecule has 0 aromatic carbocycles. The second kappa shape index (κ2) is 11.4. The maximum absolute atomic E-state index is 11.8. The highest BCUT2D eigenvalue weighted by Gasteiger charge is 2.29. The van der Waals surface area contributed by atoms with Gasteiger partial charge in [-0.3, -0.25) is 9.59 Å². The third-order valence-corrected chi connectivity index (χ3v) is 2.67. The third kappa shape index (κ3) is 10.5. The van der Waals surface area contributed by atoms with Crippen LogP contribution >= 0.6 is 0 Å². The fourth-order valence-electron chi connectivity index (χ4n) is 1.57. The summed E-state index contributed by atoms with van der Waals surface area (Å²) in [6, 6.07) is 0. The minimum atomic E-state index is -0.721. The van der Waals surface area contributed by atoms with E-state index in [1.54, 1.807) is 0 Å². The lowest BCUT2D eigenvalue weighted by molar-refractivity contribution is -0.206. The van der Waals surface area contributed by atoms with Gasteiger partial charge in [-0.05, 0) is 12.8 Å². The molecule has 22 heavy (non-hydrogen) atoms. The molecule has 0 aliphatic carbocycles. The number of unbranched alkanes of at least 4 members (excludes halogenated alkanes) is 1. The Morgan fingerprint density at radius 3 is 2.00 bits per heavy atom. The number of esters is 2. The minimum Gasteiger partial charge on any atom is -0.463 e. The second-order valence-electron chi connectivity index (χ2n) is 5.93. The first-order chi connectivity index (χ1) is 10.3. The van der Waals surface area contributed by atoms with Crippen LogP contribution in [-0.4, -0.2) is 54.9 Å². The van der Waals surface area contributed by atoms with Crippen molar-refractivity contribution in [1.29, 1.82) is 0 Å². The summed E-state index contributed by atoms with van der Waals surface area (Å²) in [6.07, 6.45) is 0.682. The van der Waals surface area contributed by atoms with E-state index in [0.29, 0.717) is 12.8 Å². The molecule has 0 spiro atoms. The van der Waals surface area contributed by atoms with Gasteiger partial charge in [0.2, 0.25) is 6.29 Å². The van der Waals surface area contributed by atoms with Gasteiger partial charge in [-0.15, -0.1) is 0 Å². The number of carbonyl (C=O) groups excluding carboxylic acids is 2. The maximum atomic E-state index is 11.8. The predicted octanol–water partition coefficient (Wildman–Crippen LogP) is 1.01. The van der Waals surface area contributed by atoms with Gasteiger partial charge in [-0.2, -0.15) is 0 Å². The molecular weight excluding hydrogens is 292 g/mol. The summed E-state index contributed by atoms with van der Waals surface area (Å²) in [7, 11) is 0. The van der Waals surface area contributed by atoms with Crippen LogP contribution in [0.2, 0.25) is 0 Å². The molecule has 130 valence electrons. The van der Waals surface area contributed by atoms with Crippen LogP contribution in [0, 0.1) is 5.41 Å². The number of rotatable bonds is 11. The Labute approximate surface area is 131 Å². The third-order valence-electron chi connectivity index (χ3n) is 2.67. The highest BCUT2D eigenvalue weighted by Crippen LogP contribution is 2.24. The first-order valence-electron chi connectivity index (χ1n) is 7.49. The smallest absolute Gasteiger partial charge is 0.308 e. The fourth-order valence-corrected chi connectivity index (χ4v) is 1.57. The minimum absolute atomic E-state index is 0.00364. The van der Waals surface area contributed by atoms with Crippen LogP contribution < -0.4 is 0 Å². The van der Waals surface area contributed by atoms with E-state index in [-0.39, 0.29) is 50.7 Å². The molecule has 0 aromatic rings. The monoisotopic (exact) mass is 320 g/mol. The van der Waals surface area contributed by atoms with E-state index >= 15 is 0 Å². The lowest BCUT2D eigenvalue weighted by Gasteiger charge is -2.29. The Morgan fingerprint density at radius 1 is 0.955 bits per heavy atom. The van der Waals surface area contributed by atoms with E-state index in [9.17, 15) is 9.59 Å². The van der Waals surface area contributed by atoms with E-state index < -0.39 is 12.3 Å². The summed E-state index contributed by atoms with van der Waals surface area (Å²) >= 11 is 0. The number of ether oxygens (including phenoxy) is 3. The Morgan fingerprint density at radius 2 is 1.50 bits per heavy atom. The first kappa shape index (κ1) is 20.8. The van der Waals surface area contributed by atoms with Crippen molar-refractivity contribution in [3.63, 3.8) is 0 Å². The summed E-state index contributed by atoms with van der Waals surface area (Å²) in [4.78, 5) is 22.9. The van der Waals surface area contributed by atoms with Crippen molar-refractivity contribution in [2.75, 3.05) is 26.4 Å². The highest BCUT2D eigenvalue weighted by molar-refractivity contribution is 5.70. The summed E-state index contributed by atoms with van der Waals surface area (Å²) in [5.74, 6) is -0.789. The summed E-state index contributed by atoms with van der Waals surface area (Å²) in [5.41, 5.74) is -0.390. The molecule has 1 unspecified atom stereocenters. The van der Waals surface area contributed by atoms with Gasteiger partial charge in [-0.25, -0.2) is 0 Å². The van der Waals surface area contributed by atoms with Crippen molar-refractivity contribution < 1.29 is 34.0 Å². The van der Waals surface area contributed by atoms with E-state index in [4.69, 9.17) is 24.4 Å². The van der Waals surface area contributed by atoms with Gasteiger partial charge in [0.15, 0.2) is 0 Å². The Balaban J connectivity index is 3.97. The van der Waals surface area contributed by atoms with Crippen molar-refractivity contribution in [1.82, 2.24) is 0 Å². The van der Waals surface area contributed by atoms with Gasteiger partial charge < -0.3 is 24.4 Å². The fraction of sp³-hybridized carbons (Fsp3) is 0.867. The van der Waals surface area contributed by atoms with Crippen LogP contribution in [-0.2, 0) is 23.8 Å². The molecule has 1 atom stereocenters. The van der Waals surface area contributed by atoms with E-state index in [2.05, 4.69) is 0 Å². The molecule has 0 heterocycles. The second-order valence-corrected chi connectivity index (χ2v) is 5.93. The molecule has 0 saturated heterocycles. The Kier molecular flexibility index (Phi) is 10.8. The summed E-state index contributed by atoms with van der Waals surface area (Å²) in [5, 5.41) is 17.3. The molecule has 2 N–H and O–H groups in total. The van der Waals surface area contributed by atoms with Crippen molar-refractivity contribution in [3.8, 4) is 0 Å². The lowest BCUT2D eigenvalue weighted by atomic mass is 9.96. The van der Waals surface area contributed by atoms with Gasteiger partial charge in [-0.1, -0.05) is 20.8 Å². The summed E-state index contributed by atoms with van der Waals surface area (Å²) in [6.45, 7) is 5.39. The van der Waals surface area contributed by atoms with Crippen molar-refractivity contribution >= 4 is 11.9 Å². The SMILES string of the molecule is CC(C)(C)C(OCCO)OC(=O)CCCCC(=O)OCCO. The van der Waals surface area contributed by atoms with E-state index in [1.165, 1.54) is 0 Å². The van der Waals surface area contributed by atoms with Crippen LogP contribution in [0.5, 0.6) is 0 Å². The number of aliphatic hydroxyl groups is 2. The zero-order valence-corrected chi connectivity index (χ0v) is 13.7. The standard InChI is InChI=1S/C15H28O7/c1-15(2,3)14(21-11-9-17)22-13(19)7-5-4-6-12(18)20-10-8-16/h14,16-17H,4-11H2,1-3H3. The molecule has 0 aromatic heterocycles. The average molecular weight is 320 g/mol. The molecule has 0 aliphatic rings. The largest absolute Gasteiger partial charge is 0.463 e. The first-order valence-corrected chi connectivity index (χ1v) is 7.49. The molecule has 0 rings (SSSR count). The molecular formula is C15H28O7. The molecule has 0 bridgehead atoms. The molecule has 0 amide bonds. The zero-order valence-electron chi connectivity index (χ0n) is 13.7. The van der Waals surface area contributed by atoms with Gasteiger partial charge in [0.1, 0.15) is 6.61 Å². The van der Waals surface area contributed by atoms with Crippen molar-refractivity contribution in [2.45, 2.75) is 52.7 Å². The summed E-state index contributed by atoms with van der Waals surface area (Å²) < 4.78 is 15.3. The average Bonchev–Trinajstić information content (AvgIpc) is 2.44. The molecule has 0 aliphatic heterocycles. The number of carbonyl (C=O) groups is 2. The number of aliphatic hydroxyl groups excluding tert-OH is 2.